The number of imidazole rings is 1. The van der Waals surface area contributed by atoms with Crippen molar-refractivity contribution in [2.75, 3.05) is 37.0 Å². The summed E-state index contributed by atoms with van der Waals surface area (Å²) in [4.78, 5) is 85.7. The molecule has 0 spiro atoms. The van der Waals surface area contributed by atoms with E-state index in [0.717, 1.165) is 9.13 Å². The van der Waals surface area contributed by atoms with Crippen LogP contribution in [0.1, 0.15) is 37.9 Å². The van der Waals surface area contributed by atoms with Crippen LogP contribution in [0.3, 0.4) is 0 Å². The fourth-order valence-corrected chi connectivity index (χ4v) is 8.81. The largest absolute Gasteiger partial charge is 0.694 e. The van der Waals surface area contributed by atoms with E-state index in [9.17, 15) is 47.9 Å². The molecule has 4 aromatic heterocycles. The number of hydrogen-bond donors (Lipinski definition) is 8. The number of rotatable bonds is 16. The highest BCUT2D eigenvalue weighted by Gasteiger charge is 2.47. The molecular weight excluding hydrogens is 871 g/mol. The second kappa shape index (κ2) is 17.5. The number of phosphoric ester groups is 2. The van der Waals surface area contributed by atoms with Gasteiger partial charge in [-0.25, -0.2) is 23.7 Å². The van der Waals surface area contributed by atoms with Crippen LogP contribution in [0.2, 0.25) is 0 Å². The van der Waals surface area contributed by atoms with Crippen molar-refractivity contribution in [2.24, 2.45) is 0 Å². The lowest BCUT2D eigenvalue weighted by Crippen LogP contribution is -2.31. The molecule has 326 valence electrons. The van der Waals surface area contributed by atoms with Gasteiger partial charge in [0.25, 0.3) is 5.56 Å². The fourth-order valence-electron chi connectivity index (χ4n) is 6.62. The average Bonchev–Trinajstić information content (AvgIpc) is 3.94. The first-order chi connectivity index (χ1) is 28.3. The highest BCUT2D eigenvalue weighted by atomic mass is 31.2. The number of nitrogens with two attached hydrogens (primary N) is 3. The minimum absolute atomic E-state index is 0.0469. The number of H-pyrrole nitrogens is 1. The van der Waals surface area contributed by atoms with Gasteiger partial charge in [0.05, 0.1) is 25.6 Å². The van der Waals surface area contributed by atoms with Crippen molar-refractivity contribution in [3.63, 3.8) is 0 Å². The summed E-state index contributed by atoms with van der Waals surface area (Å²) < 4.78 is 84.5. The van der Waals surface area contributed by atoms with Crippen molar-refractivity contribution in [1.82, 2.24) is 38.6 Å². The normalized spacial score (nSPS) is 29.1. The predicted molar refractivity (Wildman–Crippen MR) is 197 cm³/mol. The van der Waals surface area contributed by atoms with E-state index in [0.29, 0.717) is 0 Å². The molecule has 0 saturated carbocycles. The van der Waals surface area contributed by atoms with Gasteiger partial charge in [-0.05, 0) is 12.1 Å². The van der Waals surface area contributed by atoms with E-state index >= 15 is 0 Å². The summed E-state index contributed by atoms with van der Waals surface area (Å²) in [5.41, 5.74) is 14.5. The Morgan fingerprint density at radius 2 is 1.28 bits per heavy atom. The SMILES string of the molecule is Nc1ccn([C@H]2C[C@H](OP(=O)(O)OC[C@H]3O[C@@H](n4ccc(N)nc4=O)C[C@@H]3OP(=O)(O)OC[C@H]3O[C@@H](n4cnc5c(=O)[nH]c(N)nc54)C[C@@H]3O)[C@@H](CO[P+](=O)O)O2)c(=O)n1. The van der Waals surface area contributed by atoms with Crippen LogP contribution in [0, 0.1) is 0 Å². The maximum atomic E-state index is 13.3. The molecule has 60 heavy (non-hydrogen) atoms. The summed E-state index contributed by atoms with van der Waals surface area (Å²) in [7, 11) is -13.4. The van der Waals surface area contributed by atoms with Crippen LogP contribution < -0.4 is 34.1 Å². The van der Waals surface area contributed by atoms with E-state index < -0.39 is 116 Å². The van der Waals surface area contributed by atoms with E-state index in [2.05, 4.69) is 24.9 Å². The Morgan fingerprint density at radius 1 is 0.783 bits per heavy atom. The van der Waals surface area contributed by atoms with Gasteiger partial charge in [0.2, 0.25) is 5.95 Å². The standard InChI is InChI=1S/C28H36N11O18P3/c29-18-1-3-37(27(42)33-18)21-6-13(16(54-21)8-50-58(44)45)56-60(48,49)52-10-17-14(7-22(55-17)38-4-2-19(30)34-28(38)43)57-59(46,47)51-9-15-12(40)5-20(53-15)39-11-32-23-24(39)35-26(31)36-25(23)41/h1-4,11-17,20-22,40H,5-10H2,(H9-,29,30,31,33,34,35,36,41,42,43,44,45,46,47,48,49)/p+1/t12-,13-,14-,15+,16+,17+,20+,21+,22+/m0/s1. The Hall–Kier alpha value is -4.41. The minimum Gasteiger partial charge on any atom is -0.390 e. The third-order valence-electron chi connectivity index (χ3n) is 9.34. The molecule has 0 aliphatic carbocycles. The Kier molecular flexibility index (Phi) is 12.8. The van der Waals surface area contributed by atoms with Gasteiger partial charge >= 0.3 is 35.3 Å². The number of aromatic amines is 1. The Bertz CT molecular complexity index is 2520. The summed E-state index contributed by atoms with van der Waals surface area (Å²) >= 11 is 0. The third kappa shape index (κ3) is 10.0. The number of fused-ring (bicyclic) bond motifs is 1. The summed E-state index contributed by atoms with van der Waals surface area (Å²) in [5.74, 6) is -0.400. The number of aromatic nitrogens is 8. The van der Waals surface area contributed by atoms with Gasteiger partial charge in [0.1, 0.15) is 67.4 Å². The number of nitrogens with one attached hydrogen (secondary N) is 1. The molecule has 3 saturated heterocycles. The zero-order chi connectivity index (χ0) is 43.1. The molecule has 0 amide bonds. The van der Waals surface area contributed by atoms with E-state index in [1.54, 1.807) is 0 Å². The summed E-state index contributed by atoms with van der Waals surface area (Å²) in [6, 6.07) is 2.56. The molecule has 0 radical (unpaired) electrons. The molecule has 7 heterocycles. The van der Waals surface area contributed by atoms with Crippen LogP contribution in [0.5, 0.6) is 0 Å². The van der Waals surface area contributed by atoms with Crippen molar-refractivity contribution < 1.29 is 70.3 Å². The summed E-state index contributed by atoms with van der Waals surface area (Å²) in [6.07, 6.45) is -8.45. The van der Waals surface area contributed by atoms with Crippen molar-refractivity contribution in [2.45, 2.75) is 74.6 Å². The number of hydrogen-bond acceptors (Lipinski definition) is 22. The van der Waals surface area contributed by atoms with Gasteiger partial charge in [-0.15, -0.1) is 9.42 Å². The Balaban J connectivity index is 1.02. The predicted octanol–water partition coefficient (Wildman–Crippen LogP) is -1.73. The number of phosphoric acid groups is 2. The lowest BCUT2D eigenvalue weighted by molar-refractivity contribution is -0.0604. The van der Waals surface area contributed by atoms with Crippen LogP contribution in [-0.2, 0) is 50.5 Å². The summed E-state index contributed by atoms with van der Waals surface area (Å²) in [5, 5.41) is 10.7. The molecule has 32 heteroatoms. The molecule has 3 aliphatic heterocycles. The first kappa shape index (κ1) is 43.7. The van der Waals surface area contributed by atoms with Gasteiger partial charge in [-0.2, -0.15) is 15.0 Å². The molecule has 4 aromatic rings. The van der Waals surface area contributed by atoms with Crippen LogP contribution >= 0.6 is 23.9 Å². The molecule has 12 atom stereocenters. The van der Waals surface area contributed by atoms with Gasteiger partial charge < -0.3 is 46.3 Å². The first-order valence-electron chi connectivity index (χ1n) is 17.5. The Morgan fingerprint density at radius 3 is 1.82 bits per heavy atom. The van der Waals surface area contributed by atoms with Gasteiger partial charge in [-0.3, -0.25) is 41.6 Å². The fraction of sp³-hybridized carbons (Fsp3) is 0.536. The average molecular weight is 909 g/mol. The number of nitrogens with zero attached hydrogens (tertiary/aromatic N) is 7. The molecule has 3 fully saturated rings. The van der Waals surface area contributed by atoms with Gasteiger partial charge in [0, 0.05) is 36.2 Å². The number of aliphatic hydroxyl groups excluding tert-OH is 1. The highest BCUT2D eigenvalue weighted by molar-refractivity contribution is 7.47. The molecule has 0 aromatic carbocycles. The van der Waals surface area contributed by atoms with Crippen LogP contribution in [0.15, 0.2) is 45.2 Å². The maximum Gasteiger partial charge on any atom is 0.694 e. The minimum atomic E-state index is -5.16. The van der Waals surface area contributed by atoms with E-state index in [-0.39, 0.29) is 48.0 Å². The number of ether oxygens (including phenoxy) is 3. The van der Waals surface area contributed by atoms with Gasteiger partial charge in [0.15, 0.2) is 11.2 Å². The quantitative estimate of drug-likeness (QED) is 0.0579. The lowest BCUT2D eigenvalue weighted by atomic mass is 10.2. The van der Waals surface area contributed by atoms with Crippen molar-refractivity contribution in [3.05, 3.63) is 62.2 Å². The van der Waals surface area contributed by atoms with Gasteiger partial charge in [-0.1, -0.05) is 0 Å². The molecular formula is C28H37N11O18P3+. The first-order valence-corrected chi connectivity index (χ1v) is 21.6. The van der Waals surface area contributed by atoms with E-state index in [1.165, 1.54) is 35.4 Å². The van der Waals surface area contributed by atoms with Crippen LogP contribution in [-0.4, -0.2) is 115 Å². The van der Waals surface area contributed by atoms with E-state index in [1.807, 2.05) is 0 Å². The van der Waals surface area contributed by atoms with E-state index in [4.69, 9.17) is 54.0 Å². The molecule has 11 N–H and O–H groups in total. The lowest BCUT2D eigenvalue weighted by Gasteiger charge is -2.24. The second-order valence-electron chi connectivity index (χ2n) is 13.4. The molecule has 29 nitrogen and oxygen atoms in total. The van der Waals surface area contributed by atoms with Crippen molar-refractivity contribution in [3.8, 4) is 0 Å². The molecule has 0 bridgehead atoms. The van der Waals surface area contributed by atoms with Crippen molar-refractivity contribution in [1.29, 1.82) is 0 Å². The number of nitrogen functional groups attached to an aromatic ring is 3. The smallest absolute Gasteiger partial charge is 0.390 e. The van der Waals surface area contributed by atoms with Crippen LogP contribution in [0.4, 0.5) is 17.6 Å². The second-order valence-corrected chi connectivity index (χ2v) is 16.9. The number of aliphatic hydroxyl groups is 1. The maximum absolute atomic E-state index is 13.3. The Labute approximate surface area is 335 Å². The monoisotopic (exact) mass is 908 g/mol. The van der Waals surface area contributed by atoms with Crippen LogP contribution in [0.25, 0.3) is 11.2 Å². The zero-order valence-electron chi connectivity index (χ0n) is 30.5. The number of anilines is 3. The third-order valence-corrected chi connectivity index (χ3v) is 11.7. The molecule has 7 rings (SSSR count). The molecule has 3 aliphatic rings. The summed E-state index contributed by atoms with van der Waals surface area (Å²) in [6.45, 7) is -2.20. The van der Waals surface area contributed by atoms with Crippen molar-refractivity contribution >= 4 is 52.6 Å². The topological polar surface area (TPSA) is 417 Å². The highest BCUT2D eigenvalue weighted by Crippen LogP contribution is 2.52. The molecule has 3 unspecified atom stereocenters. The zero-order valence-corrected chi connectivity index (χ0v) is 33.2.